The molecule has 1 fully saturated rings. The molecule has 1 aliphatic rings. The predicted molar refractivity (Wildman–Crippen MR) is 49.2 cm³/mol. The molecule has 1 atom stereocenters. The molecule has 1 rings (SSSR count). The molecular formula is C9H15FN2O. The summed E-state index contributed by atoms with van der Waals surface area (Å²) < 4.78 is 12.5. The largest absolute Gasteiger partial charge is 0.336 e. The van der Waals surface area contributed by atoms with Crippen LogP contribution in [0.2, 0.25) is 0 Å². The van der Waals surface area contributed by atoms with Crippen molar-refractivity contribution < 1.29 is 9.18 Å². The van der Waals surface area contributed by atoms with Gasteiger partial charge in [-0.2, -0.15) is 0 Å². The Labute approximate surface area is 77.8 Å². The minimum Gasteiger partial charge on any atom is -0.336 e. The van der Waals surface area contributed by atoms with Gasteiger partial charge in [-0.05, 0) is 13.1 Å². The zero-order valence-corrected chi connectivity index (χ0v) is 7.87. The predicted octanol–water partition coefficient (Wildman–Crippen LogP) is 0.284. The van der Waals surface area contributed by atoms with Gasteiger partial charge < -0.3 is 4.90 Å². The van der Waals surface area contributed by atoms with E-state index in [1.807, 2.05) is 11.9 Å². The average Bonchev–Trinajstić information content (AvgIpc) is 2.17. The third-order valence-electron chi connectivity index (χ3n) is 2.44. The highest BCUT2D eigenvalue weighted by Gasteiger charge is 2.25. The van der Waals surface area contributed by atoms with Crippen molar-refractivity contribution >= 4 is 5.91 Å². The minimum atomic E-state index is -0.405. The molecule has 1 saturated heterocycles. The van der Waals surface area contributed by atoms with Crippen LogP contribution < -0.4 is 0 Å². The van der Waals surface area contributed by atoms with Crippen LogP contribution in [0.25, 0.3) is 0 Å². The number of carbonyl (C=O) groups excluding carboxylic acids is 1. The first kappa shape index (κ1) is 10.2. The van der Waals surface area contributed by atoms with E-state index in [0.717, 1.165) is 6.54 Å². The Morgan fingerprint density at radius 2 is 2.38 bits per heavy atom. The summed E-state index contributed by atoms with van der Waals surface area (Å²) in [5.41, 5.74) is 0. The van der Waals surface area contributed by atoms with E-state index in [9.17, 15) is 9.18 Å². The van der Waals surface area contributed by atoms with Crippen molar-refractivity contribution in [3.8, 4) is 0 Å². The second-order valence-corrected chi connectivity index (χ2v) is 3.28. The number of hydrogen-bond acceptors (Lipinski definition) is 2. The number of halogens is 1. The molecule has 13 heavy (non-hydrogen) atoms. The number of piperazine rings is 1. The average molecular weight is 186 g/mol. The van der Waals surface area contributed by atoms with E-state index < -0.39 is 6.67 Å². The standard InChI is InChI=1S/C9H15FN2O/c1-3-9(13)12-5-4-11(2)8(6-10)7-12/h3,8H,1,4-7H2,2H3. The van der Waals surface area contributed by atoms with E-state index in [4.69, 9.17) is 0 Å². The molecule has 0 radical (unpaired) electrons. The Balaban J connectivity index is 2.54. The molecule has 0 bridgehead atoms. The van der Waals surface area contributed by atoms with Gasteiger partial charge >= 0.3 is 0 Å². The maximum atomic E-state index is 12.5. The lowest BCUT2D eigenvalue weighted by Gasteiger charge is -2.37. The van der Waals surface area contributed by atoms with Gasteiger partial charge in [0.1, 0.15) is 6.67 Å². The highest BCUT2D eigenvalue weighted by Crippen LogP contribution is 2.08. The quantitative estimate of drug-likeness (QED) is 0.578. The van der Waals surface area contributed by atoms with E-state index in [2.05, 4.69) is 6.58 Å². The third-order valence-corrected chi connectivity index (χ3v) is 2.44. The number of nitrogens with zero attached hydrogens (tertiary/aromatic N) is 2. The summed E-state index contributed by atoms with van der Waals surface area (Å²) in [5, 5.41) is 0. The lowest BCUT2D eigenvalue weighted by molar-refractivity contribution is -0.128. The zero-order valence-electron chi connectivity index (χ0n) is 7.87. The van der Waals surface area contributed by atoms with E-state index in [1.165, 1.54) is 6.08 Å². The Bertz CT molecular complexity index is 208. The van der Waals surface area contributed by atoms with Crippen LogP contribution in [0.5, 0.6) is 0 Å². The summed E-state index contributed by atoms with van der Waals surface area (Å²) in [4.78, 5) is 14.8. The Morgan fingerprint density at radius 1 is 1.69 bits per heavy atom. The van der Waals surface area contributed by atoms with Crippen LogP contribution in [0, 0.1) is 0 Å². The van der Waals surface area contributed by atoms with Crippen LogP contribution in [0.3, 0.4) is 0 Å². The Morgan fingerprint density at radius 3 is 2.92 bits per heavy atom. The second kappa shape index (κ2) is 4.37. The van der Waals surface area contributed by atoms with E-state index in [1.54, 1.807) is 4.90 Å². The number of carbonyl (C=O) groups is 1. The molecule has 0 aromatic heterocycles. The van der Waals surface area contributed by atoms with Crippen molar-refractivity contribution in [3.05, 3.63) is 12.7 Å². The summed E-state index contributed by atoms with van der Waals surface area (Å²) >= 11 is 0. The molecule has 1 amide bonds. The molecule has 1 aliphatic heterocycles. The SMILES string of the molecule is C=CC(=O)N1CCN(C)C(CF)C1. The Kier molecular flexibility index (Phi) is 3.42. The topological polar surface area (TPSA) is 23.6 Å². The number of rotatable bonds is 2. The summed E-state index contributed by atoms with van der Waals surface area (Å²) in [7, 11) is 1.87. The van der Waals surface area contributed by atoms with Gasteiger partial charge in [-0.15, -0.1) is 0 Å². The fourth-order valence-corrected chi connectivity index (χ4v) is 1.44. The van der Waals surface area contributed by atoms with Gasteiger partial charge in [-0.25, -0.2) is 4.39 Å². The van der Waals surface area contributed by atoms with Gasteiger partial charge in [0.25, 0.3) is 0 Å². The van der Waals surface area contributed by atoms with Gasteiger partial charge in [0.05, 0.1) is 6.04 Å². The molecule has 0 saturated carbocycles. The number of alkyl halides is 1. The monoisotopic (exact) mass is 186 g/mol. The molecule has 0 aromatic rings. The molecule has 74 valence electrons. The van der Waals surface area contributed by atoms with E-state index in [-0.39, 0.29) is 11.9 Å². The molecule has 0 spiro atoms. The van der Waals surface area contributed by atoms with Crippen LogP contribution in [0.4, 0.5) is 4.39 Å². The normalized spacial score (nSPS) is 24.5. The van der Waals surface area contributed by atoms with Gasteiger partial charge in [0.15, 0.2) is 0 Å². The lowest BCUT2D eigenvalue weighted by Crippen LogP contribution is -2.53. The molecule has 0 N–H and O–H groups in total. The van der Waals surface area contributed by atoms with Crippen molar-refractivity contribution in [2.45, 2.75) is 6.04 Å². The number of likely N-dealkylation sites (N-methyl/N-ethyl adjacent to an activating group) is 1. The van der Waals surface area contributed by atoms with Gasteiger partial charge in [0, 0.05) is 19.6 Å². The lowest BCUT2D eigenvalue weighted by atomic mass is 10.2. The van der Waals surface area contributed by atoms with Crippen molar-refractivity contribution in [2.75, 3.05) is 33.4 Å². The summed E-state index contributed by atoms with van der Waals surface area (Å²) in [6.07, 6.45) is 1.28. The third kappa shape index (κ3) is 2.28. The molecule has 1 unspecified atom stereocenters. The minimum absolute atomic E-state index is 0.105. The maximum absolute atomic E-state index is 12.5. The zero-order chi connectivity index (χ0) is 9.84. The molecule has 0 aliphatic carbocycles. The first-order valence-corrected chi connectivity index (χ1v) is 4.36. The summed E-state index contributed by atoms with van der Waals surface area (Å²) in [6, 6.07) is -0.155. The first-order chi connectivity index (χ1) is 6.19. The van der Waals surface area contributed by atoms with E-state index >= 15 is 0 Å². The smallest absolute Gasteiger partial charge is 0.246 e. The Hall–Kier alpha value is -0.900. The van der Waals surface area contributed by atoms with E-state index in [0.29, 0.717) is 13.1 Å². The molecule has 3 nitrogen and oxygen atoms in total. The second-order valence-electron chi connectivity index (χ2n) is 3.28. The van der Waals surface area contributed by atoms with Crippen molar-refractivity contribution in [3.63, 3.8) is 0 Å². The maximum Gasteiger partial charge on any atom is 0.246 e. The highest BCUT2D eigenvalue weighted by molar-refractivity contribution is 5.87. The fourth-order valence-electron chi connectivity index (χ4n) is 1.44. The van der Waals surface area contributed by atoms with Crippen LogP contribution in [-0.2, 0) is 4.79 Å². The molecular weight excluding hydrogens is 171 g/mol. The summed E-state index contributed by atoms with van der Waals surface area (Å²) in [6.45, 7) is 4.87. The van der Waals surface area contributed by atoms with Crippen LogP contribution in [0.15, 0.2) is 12.7 Å². The number of hydrogen-bond donors (Lipinski definition) is 0. The number of amides is 1. The molecule has 4 heteroatoms. The van der Waals surface area contributed by atoms with Crippen LogP contribution >= 0.6 is 0 Å². The van der Waals surface area contributed by atoms with Gasteiger partial charge in [-0.3, -0.25) is 9.69 Å². The molecule has 1 heterocycles. The van der Waals surface area contributed by atoms with Crippen LogP contribution in [-0.4, -0.2) is 55.1 Å². The fraction of sp³-hybridized carbons (Fsp3) is 0.667. The van der Waals surface area contributed by atoms with Crippen molar-refractivity contribution in [1.82, 2.24) is 9.80 Å². The molecule has 0 aromatic carbocycles. The van der Waals surface area contributed by atoms with Gasteiger partial charge in [-0.1, -0.05) is 6.58 Å². The van der Waals surface area contributed by atoms with Crippen molar-refractivity contribution in [1.29, 1.82) is 0 Å². The van der Waals surface area contributed by atoms with Crippen molar-refractivity contribution in [2.24, 2.45) is 0 Å². The first-order valence-electron chi connectivity index (χ1n) is 4.36. The van der Waals surface area contributed by atoms with Crippen LogP contribution in [0.1, 0.15) is 0 Å². The summed E-state index contributed by atoms with van der Waals surface area (Å²) in [5.74, 6) is -0.105. The van der Waals surface area contributed by atoms with Gasteiger partial charge in [0.2, 0.25) is 5.91 Å². The highest BCUT2D eigenvalue weighted by atomic mass is 19.1.